The van der Waals surface area contributed by atoms with Gasteiger partial charge in [-0.05, 0) is 23.3 Å². The fourth-order valence-electron chi connectivity index (χ4n) is 2.99. The van der Waals surface area contributed by atoms with Gasteiger partial charge in [-0.25, -0.2) is 4.79 Å². The van der Waals surface area contributed by atoms with E-state index in [1.165, 1.54) is 0 Å². The number of hydrogen-bond donors (Lipinski definition) is 3. The van der Waals surface area contributed by atoms with Gasteiger partial charge in [-0.2, -0.15) is 0 Å². The number of hydrogen-bond acceptors (Lipinski definition) is 2. The molecule has 0 saturated carbocycles. The van der Waals surface area contributed by atoms with Crippen molar-refractivity contribution in [1.82, 2.24) is 10.6 Å². The van der Waals surface area contributed by atoms with E-state index in [9.17, 15) is 14.7 Å². The van der Waals surface area contributed by atoms with Gasteiger partial charge in [0, 0.05) is 5.56 Å². The van der Waals surface area contributed by atoms with Crippen LogP contribution in [-0.2, 0) is 0 Å². The molecule has 3 rings (SSSR count). The Labute approximate surface area is 157 Å². The third kappa shape index (κ3) is 4.73. The SMILES string of the molecule is O=C(O)N[C@H](c1ccccc1)[C@H](NC(=O)c1ccccc1)c1ccccc1. The number of nitrogens with one attached hydrogen (secondary N) is 2. The van der Waals surface area contributed by atoms with E-state index in [1.54, 1.807) is 24.3 Å². The number of amides is 2. The van der Waals surface area contributed by atoms with Gasteiger partial charge in [-0.15, -0.1) is 0 Å². The second kappa shape index (κ2) is 8.67. The molecule has 3 aromatic rings. The predicted molar refractivity (Wildman–Crippen MR) is 103 cm³/mol. The van der Waals surface area contributed by atoms with E-state index in [2.05, 4.69) is 10.6 Å². The summed E-state index contributed by atoms with van der Waals surface area (Å²) in [6, 6.07) is 26.2. The van der Waals surface area contributed by atoms with Crippen LogP contribution in [0, 0.1) is 0 Å². The molecule has 0 radical (unpaired) electrons. The first kappa shape index (κ1) is 18.2. The van der Waals surface area contributed by atoms with Crippen LogP contribution in [0.3, 0.4) is 0 Å². The van der Waals surface area contributed by atoms with Crippen LogP contribution in [0.2, 0.25) is 0 Å². The monoisotopic (exact) mass is 360 g/mol. The standard InChI is InChI=1S/C22H20N2O3/c25-21(18-14-8-3-9-15-18)23-19(16-10-4-1-5-11-16)20(24-22(26)27)17-12-6-2-7-13-17/h1-15,19-20,24H,(H,23,25)(H,26,27)/t19-,20-/m1/s1. The maximum absolute atomic E-state index is 12.8. The average molecular weight is 360 g/mol. The van der Waals surface area contributed by atoms with Crippen LogP contribution in [0.4, 0.5) is 4.79 Å². The summed E-state index contributed by atoms with van der Waals surface area (Å²) < 4.78 is 0. The molecule has 0 saturated heterocycles. The highest BCUT2D eigenvalue weighted by atomic mass is 16.4. The Balaban J connectivity index is 1.99. The smallest absolute Gasteiger partial charge is 0.405 e. The summed E-state index contributed by atoms with van der Waals surface area (Å²) in [5, 5.41) is 14.9. The van der Waals surface area contributed by atoms with Crippen LogP contribution in [0.15, 0.2) is 91.0 Å². The predicted octanol–water partition coefficient (Wildman–Crippen LogP) is 4.17. The first-order chi connectivity index (χ1) is 13.1. The van der Waals surface area contributed by atoms with E-state index >= 15 is 0 Å². The molecule has 136 valence electrons. The van der Waals surface area contributed by atoms with E-state index in [-0.39, 0.29) is 5.91 Å². The zero-order valence-corrected chi connectivity index (χ0v) is 14.6. The van der Waals surface area contributed by atoms with Crippen molar-refractivity contribution in [1.29, 1.82) is 0 Å². The van der Waals surface area contributed by atoms with Gasteiger partial charge in [0.25, 0.3) is 5.91 Å². The molecule has 0 aliphatic rings. The topological polar surface area (TPSA) is 78.4 Å². The molecule has 5 nitrogen and oxygen atoms in total. The molecule has 0 fully saturated rings. The number of carbonyl (C=O) groups excluding carboxylic acids is 1. The van der Waals surface area contributed by atoms with Crippen molar-refractivity contribution in [2.24, 2.45) is 0 Å². The van der Waals surface area contributed by atoms with Crippen LogP contribution < -0.4 is 10.6 Å². The molecule has 5 heteroatoms. The first-order valence-electron chi connectivity index (χ1n) is 8.60. The van der Waals surface area contributed by atoms with Gasteiger partial charge in [0.15, 0.2) is 0 Å². The Morgan fingerprint density at radius 3 is 1.48 bits per heavy atom. The minimum Gasteiger partial charge on any atom is -0.465 e. The lowest BCUT2D eigenvalue weighted by Gasteiger charge is -2.29. The van der Waals surface area contributed by atoms with Crippen LogP contribution in [0.25, 0.3) is 0 Å². The number of carboxylic acid groups (broad SMARTS) is 1. The third-order valence-electron chi connectivity index (χ3n) is 4.25. The Hall–Kier alpha value is -3.60. The van der Waals surface area contributed by atoms with Crippen molar-refractivity contribution in [3.05, 3.63) is 108 Å². The molecule has 3 N–H and O–H groups in total. The summed E-state index contributed by atoms with van der Waals surface area (Å²) in [5.41, 5.74) is 2.09. The zero-order valence-electron chi connectivity index (χ0n) is 14.6. The summed E-state index contributed by atoms with van der Waals surface area (Å²) in [6.07, 6.45) is -1.15. The van der Waals surface area contributed by atoms with Gasteiger partial charge >= 0.3 is 6.09 Å². The summed E-state index contributed by atoms with van der Waals surface area (Å²) in [7, 11) is 0. The minimum absolute atomic E-state index is 0.266. The molecule has 2 atom stereocenters. The largest absolute Gasteiger partial charge is 0.465 e. The van der Waals surface area contributed by atoms with Gasteiger partial charge in [-0.1, -0.05) is 78.9 Å². The quantitative estimate of drug-likeness (QED) is 0.617. The van der Waals surface area contributed by atoms with E-state index < -0.39 is 18.2 Å². The van der Waals surface area contributed by atoms with E-state index in [0.29, 0.717) is 5.56 Å². The van der Waals surface area contributed by atoms with E-state index in [1.807, 2.05) is 66.7 Å². The van der Waals surface area contributed by atoms with Gasteiger partial charge in [-0.3, -0.25) is 4.79 Å². The first-order valence-corrected chi connectivity index (χ1v) is 8.60. The lowest BCUT2D eigenvalue weighted by molar-refractivity contribution is 0.0924. The Morgan fingerprint density at radius 1 is 0.630 bits per heavy atom. The minimum atomic E-state index is -1.15. The molecule has 0 unspecified atom stereocenters. The van der Waals surface area contributed by atoms with Crippen molar-refractivity contribution >= 4 is 12.0 Å². The van der Waals surface area contributed by atoms with Gasteiger partial charge in [0.05, 0.1) is 12.1 Å². The second-order valence-electron chi connectivity index (χ2n) is 6.07. The molecule has 0 aliphatic carbocycles. The van der Waals surface area contributed by atoms with E-state index in [0.717, 1.165) is 11.1 Å². The summed E-state index contributed by atoms with van der Waals surface area (Å²) in [5.74, 6) is -0.266. The number of rotatable bonds is 6. The maximum atomic E-state index is 12.8. The van der Waals surface area contributed by atoms with Gasteiger partial charge in [0.2, 0.25) is 0 Å². The molecule has 0 spiro atoms. The molecule has 0 aliphatic heterocycles. The average Bonchev–Trinajstić information content (AvgIpc) is 2.72. The fourth-order valence-corrected chi connectivity index (χ4v) is 2.99. The Kier molecular flexibility index (Phi) is 5.84. The number of carbonyl (C=O) groups is 2. The summed E-state index contributed by atoms with van der Waals surface area (Å²) in [6.45, 7) is 0. The van der Waals surface area contributed by atoms with Crippen molar-refractivity contribution < 1.29 is 14.7 Å². The third-order valence-corrected chi connectivity index (χ3v) is 4.25. The van der Waals surface area contributed by atoms with Gasteiger partial charge in [0.1, 0.15) is 0 Å². The Morgan fingerprint density at radius 2 is 1.04 bits per heavy atom. The van der Waals surface area contributed by atoms with Crippen LogP contribution in [-0.4, -0.2) is 17.1 Å². The molecule has 0 aromatic heterocycles. The molecule has 0 bridgehead atoms. The molecular formula is C22H20N2O3. The van der Waals surface area contributed by atoms with Gasteiger partial charge < -0.3 is 15.7 Å². The molecule has 2 amide bonds. The van der Waals surface area contributed by atoms with Crippen LogP contribution in [0.1, 0.15) is 33.6 Å². The highest BCUT2D eigenvalue weighted by molar-refractivity contribution is 5.94. The number of benzene rings is 3. The Bertz CT molecular complexity index is 883. The highest BCUT2D eigenvalue weighted by Gasteiger charge is 2.28. The molecule has 3 aromatic carbocycles. The lowest BCUT2D eigenvalue weighted by atomic mass is 9.93. The van der Waals surface area contributed by atoms with Crippen molar-refractivity contribution in [3.63, 3.8) is 0 Å². The zero-order chi connectivity index (χ0) is 19.1. The second-order valence-corrected chi connectivity index (χ2v) is 6.07. The van der Waals surface area contributed by atoms with E-state index in [4.69, 9.17) is 0 Å². The normalized spacial score (nSPS) is 12.6. The maximum Gasteiger partial charge on any atom is 0.405 e. The van der Waals surface area contributed by atoms with Crippen LogP contribution >= 0.6 is 0 Å². The van der Waals surface area contributed by atoms with Crippen molar-refractivity contribution in [2.45, 2.75) is 12.1 Å². The lowest BCUT2D eigenvalue weighted by Crippen LogP contribution is -2.40. The van der Waals surface area contributed by atoms with Crippen molar-refractivity contribution in [2.75, 3.05) is 0 Å². The molecule has 27 heavy (non-hydrogen) atoms. The highest BCUT2D eigenvalue weighted by Crippen LogP contribution is 2.29. The van der Waals surface area contributed by atoms with Crippen molar-refractivity contribution in [3.8, 4) is 0 Å². The molecular weight excluding hydrogens is 340 g/mol. The summed E-state index contributed by atoms with van der Waals surface area (Å²) >= 11 is 0. The molecule has 0 heterocycles. The fraction of sp³-hybridized carbons (Fsp3) is 0.0909. The van der Waals surface area contributed by atoms with Crippen LogP contribution in [0.5, 0.6) is 0 Å². The summed E-state index contributed by atoms with van der Waals surface area (Å²) in [4.78, 5) is 24.2.